The smallest absolute Gasteiger partial charge is 0.253 e. The van der Waals surface area contributed by atoms with E-state index in [9.17, 15) is 4.79 Å². The van der Waals surface area contributed by atoms with Gasteiger partial charge in [-0.3, -0.25) is 4.79 Å². The highest BCUT2D eigenvalue weighted by Gasteiger charge is 2.15. The van der Waals surface area contributed by atoms with E-state index in [4.69, 9.17) is 0 Å². The van der Waals surface area contributed by atoms with Crippen molar-refractivity contribution >= 4 is 11.6 Å². The zero-order valence-electron chi connectivity index (χ0n) is 13.3. The van der Waals surface area contributed by atoms with E-state index in [1.165, 1.54) is 32.1 Å². The van der Waals surface area contributed by atoms with Crippen LogP contribution in [0.15, 0.2) is 24.3 Å². The third-order valence-corrected chi connectivity index (χ3v) is 4.17. The largest absolute Gasteiger partial charge is 0.382 e. The first-order valence-corrected chi connectivity index (χ1v) is 8.30. The minimum Gasteiger partial charge on any atom is -0.382 e. The predicted molar refractivity (Wildman–Crippen MR) is 88.7 cm³/mol. The standard InChI is InChI=1S/C18H28N2O/c1-14(2)20-17-12-6-5-11-16(17)18(21)19-13-7-10-15-8-3-4-9-15/h5-6,11-12,14-15,20H,3-4,7-10,13H2,1-2H3,(H,19,21). The average molecular weight is 288 g/mol. The summed E-state index contributed by atoms with van der Waals surface area (Å²) < 4.78 is 0. The second kappa shape index (κ2) is 8.06. The molecule has 0 radical (unpaired) electrons. The third kappa shape index (κ3) is 5.07. The van der Waals surface area contributed by atoms with E-state index in [2.05, 4.69) is 24.5 Å². The van der Waals surface area contributed by atoms with E-state index in [1.54, 1.807) is 0 Å². The first-order chi connectivity index (χ1) is 10.2. The second-order valence-corrected chi connectivity index (χ2v) is 6.39. The minimum atomic E-state index is 0.0326. The van der Waals surface area contributed by atoms with E-state index in [1.807, 2.05) is 24.3 Å². The Balaban J connectivity index is 1.79. The first-order valence-electron chi connectivity index (χ1n) is 8.30. The van der Waals surface area contributed by atoms with Gasteiger partial charge in [-0.2, -0.15) is 0 Å². The fourth-order valence-corrected chi connectivity index (χ4v) is 3.10. The molecule has 3 heteroatoms. The lowest BCUT2D eigenvalue weighted by Crippen LogP contribution is -2.26. The van der Waals surface area contributed by atoms with Gasteiger partial charge in [-0.1, -0.05) is 37.8 Å². The lowest BCUT2D eigenvalue weighted by molar-refractivity contribution is 0.0953. The number of amides is 1. The molecule has 0 heterocycles. The molecule has 1 aromatic rings. The van der Waals surface area contributed by atoms with Crippen LogP contribution in [0.1, 0.15) is 62.7 Å². The molecular weight excluding hydrogens is 260 g/mol. The molecule has 1 aliphatic rings. The predicted octanol–water partition coefficient (Wildman–Crippen LogP) is 4.21. The Morgan fingerprint density at radius 3 is 2.67 bits per heavy atom. The van der Waals surface area contributed by atoms with Gasteiger partial charge in [0.25, 0.3) is 5.91 Å². The Hall–Kier alpha value is -1.51. The Labute approximate surface area is 128 Å². The molecule has 1 saturated carbocycles. The molecule has 116 valence electrons. The van der Waals surface area contributed by atoms with E-state index in [0.717, 1.165) is 30.1 Å². The lowest BCUT2D eigenvalue weighted by Gasteiger charge is -2.15. The van der Waals surface area contributed by atoms with E-state index in [-0.39, 0.29) is 5.91 Å². The summed E-state index contributed by atoms with van der Waals surface area (Å²) in [5.41, 5.74) is 1.66. The number of nitrogens with one attached hydrogen (secondary N) is 2. The van der Waals surface area contributed by atoms with E-state index < -0.39 is 0 Å². The van der Waals surface area contributed by atoms with Crippen molar-refractivity contribution in [1.29, 1.82) is 0 Å². The van der Waals surface area contributed by atoms with Crippen molar-refractivity contribution in [1.82, 2.24) is 5.32 Å². The number of benzene rings is 1. The quantitative estimate of drug-likeness (QED) is 0.738. The normalized spacial score (nSPS) is 15.4. The highest BCUT2D eigenvalue weighted by atomic mass is 16.1. The van der Waals surface area contributed by atoms with Crippen LogP contribution in [0.2, 0.25) is 0 Å². The van der Waals surface area contributed by atoms with Gasteiger partial charge in [0.2, 0.25) is 0 Å². The number of carbonyl (C=O) groups is 1. The molecule has 0 bridgehead atoms. The van der Waals surface area contributed by atoms with Crippen LogP contribution in [-0.2, 0) is 0 Å². The van der Waals surface area contributed by atoms with Crippen molar-refractivity contribution in [2.24, 2.45) is 5.92 Å². The fourth-order valence-electron chi connectivity index (χ4n) is 3.10. The molecule has 0 saturated heterocycles. The maximum absolute atomic E-state index is 12.3. The topological polar surface area (TPSA) is 41.1 Å². The summed E-state index contributed by atoms with van der Waals surface area (Å²) in [6, 6.07) is 8.05. The SMILES string of the molecule is CC(C)Nc1ccccc1C(=O)NCCCC1CCCC1. The Morgan fingerprint density at radius 2 is 1.95 bits per heavy atom. The van der Waals surface area contributed by atoms with Crippen LogP contribution in [0.4, 0.5) is 5.69 Å². The number of anilines is 1. The molecule has 21 heavy (non-hydrogen) atoms. The third-order valence-electron chi connectivity index (χ3n) is 4.17. The Morgan fingerprint density at radius 1 is 1.24 bits per heavy atom. The van der Waals surface area contributed by atoms with Gasteiger partial charge in [0.15, 0.2) is 0 Å². The molecule has 0 aromatic heterocycles. The van der Waals surface area contributed by atoms with Crippen molar-refractivity contribution in [2.75, 3.05) is 11.9 Å². The molecule has 1 fully saturated rings. The Kier molecular flexibility index (Phi) is 6.09. The van der Waals surface area contributed by atoms with Gasteiger partial charge in [0.05, 0.1) is 5.56 Å². The van der Waals surface area contributed by atoms with Gasteiger partial charge in [-0.05, 0) is 44.7 Å². The van der Waals surface area contributed by atoms with Crippen LogP contribution in [-0.4, -0.2) is 18.5 Å². The summed E-state index contributed by atoms with van der Waals surface area (Å²) in [5.74, 6) is 0.932. The van der Waals surface area contributed by atoms with Gasteiger partial charge in [-0.15, -0.1) is 0 Å². The van der Waals surface area contributed by atoms with E-state index in [0.29, 0.717) is 6.04 Å². The van der Waals surface area contributed by atoms with Crippen molar-refractivity contribution < 1.29 is 4.79 Å². The number of rotatable bonds is 7. The second-order valence-electron chi connectivity index (χ2n) is 6.39. The highest BCUT2D eigenvalue weighted by Crippen LogP contribution is 2.28. The maximum atomic E-state index is 12.3. The van der Waals surface area contributed by atoms with Gasteiger partial charge in [-0.25, -0.2) is 0 Å². The maximum Gasteiger partial charge on any atom is 0.253 e. The monoisotopic (exact) mass is 288 g/mol. The van der Waals surface area contributed by atoms with Crippen LogP contribution in [0.25, 0.3) is 0 Å². The van der Waals surface area contributed by atoms with Gasteiger partial charge >= 0.3 is 0 Å². The van der Waals surface area contributed by atoms with Crippen molar-refractivity contribution in [3.8, 4) is 0 Å². The molecule has 0 atom stereocenters. The van der Waals surface area contributed by atoms with Crippen LogP contribution in [0.3, 0.4) is 0 Å². The molecule has 0 aliphatic heterocycles. The molecule has 0 spiro atoms. The molecule has 0 unspecified atom stereocenters. The van der Waals surface area contributed by atoms with Gasteiger partial charge in [0.1, 0.15) is 0 Å². The zero-order valence-corrected chi connectivity index (χ0v) is 13.3. The van der Waals surface area contributed by atoms with Crippen LogP contribution >= 0.6 is 0 Å². The number of carbonyl (C=O) groups excluding carboxylic acids is 1. The number of hydrogen-bond acceptors (Lipinski definition) is 2. The summed E-state index contributed by atoms with van der Waals surface area (Å²) in [7, 11) is 0. The molecule has 2 rings (SSSR count). The average Bonchev–Trinajstić information content (AvgIpc) is 2.96. The Bertz CT molecular complexity index is 450. The van der Waals surface area contributed by atoms with E-state index >= 15 is 0 Å². The molecule has 1 aromatic carbocycles. The van der Waals surface area contributed by atoms with Crippen molar-refractivity contribution in [2.45, 2.75) is 58.4 Å². The fraction of sp³-hybridized carbons (Fsp3) is 0.611. The van der Waals surface area contributed by atoms with Crippen molar-refractivity contribution in [3.05, 3.63) is 29.8 Å². The summed E-state index contributed by atoms with van der Waals surface area (Å²) in [5, 5.41) is 6.39. The summed E-state index contributed by atoms with van der Waals surface area (Å²) in [4.78, 5) is 12.3. The van der Waals surface area contributed by atoms with Crippen LogP contribution in [0, 0.1) is 5.92 Å². The molecule has 3 nitrogen and oxygen atoms in total. The minimum absolute atomic E-state index is 0.0326. The molecule has 1 amide bonds. The lowest BCUT2D eigenvalue weighted by atomic mass is 10.0. The van der Waals surface area contributed by atoms with Crippen molar-refractivity contribution in [3.63, 3.8) is 0 Å². The summed E-state index contributed by atoms with van der Waals surface area (Å²) in [6.07, 6.45) is 7.91. The molecule has 2 N–H and O–H groups in total. The zero-order chi connectivity index (χ0) is 15.1. The van der Waals surface area contributed by atoms with Gasteiger partial charge in [0, 0.05) is 18.3 Å². The molecular formula is C18H28N2O. The molecule has 1 aliphatic carbocycles. The summed E-state index contributed by atoms with van der Waals surface area (Å²) in [6.45, 7) is 4.94. The van der Waals surface area contributed by atoms with Gasteiger partial charge < -0.3 is 10.6 Å². The number of para-hydroxylation sites is 1. The highest BCUT2D eigenvalue weighted by molar-refractivity contribution is 5.99. The van der Waals surface area contributed by atoms with Crippen LogP contribution < -0.4 is 10.6 Å². The summed E-state index contributed by atoms with van der Waals surface area (Å²) >= 11 is 0. The first kappa shape index (κ1) is 15.9. The number of hydrogen-bond donors (Lipinski definition) is 2. The van der Waals surface area contributed by atoms with Crippen LogP contribution in [0.5, 0.6) is 0 Å².